The summed E-state index contributed by atoms with van der Waals surface area (Å²) in [7, 11) is 0. The molecule has 2 aliphatic rings. The number of rotatable bonds is 4. The van der Waals surface area contributed by atoms with Crippen LogP contribution in [-0.2, 0) is 0 Å². The molecule has 1 aromatic heterocycles. The Hall–Kier alpha value is -1.25. The summed E-state index contributed by atoms with van der Waals surface area (Å²) in [4.78, 5) is 4.32. The number of anilines is 1. The van der Waals surface area contributed by atoms with E-state index in [-0.39, 0.29) is 0 Å². The minimum absolute atomic E-state index is 0.588. The quantitative estimate of drug-likeness (QED) is 0.884. The fourth-order valence-corrected chi connectivity index (χ4v) is 3.97. The smallest absolute Gasteiger partial charge is 0.237 e. The monoisotopic (exact) mass is 274 g/mol. The van der Waals surface area contributed by atoms with Gasteiger partial charge in [-0.1, -0.05) is 12.8 Å². The largest absolute Gasteiger partial charge is 0.476 e. The third kappa shape index (κ3) is 2.92. The van der Waals surface area contributed by atoms with Crippen molar-refractivity contribution in [3.8, 4) is 5.88 Å². The number of nitrogens with zero attached hydrogens (tertiary/aromatic N) is 1. The molecule has 0 atom stereocenters. The van der Waals surface area contributed by atoms with Crippen LogP contribution in [0.2, 0.25) is 0 Å². The lowest BCUT2D eigenvalue weighted by Crippen LogP contribution is -2.31. The molecule has 2 fully saturated rings. The maximum absolute atomic E-state index is 5.60. The van der Waals surface area contributed by atoms with Crippen LogP contribution in [0.3, 0.4) is 0 Å². The fraction of sp³-hybridized carbons (Fsp3) is 0.706. The predicted octanol–water partition coefficient (Wildman–Crippen LogP) is 4.40. The molecule has 110 valence electrons. The van der Waals surface area contributed by atoms with E-state index in [2.05, 4.69) is 16.4 Å². The van der Waals surface area contributed by atoms with Gasteiger partial charge in [0.2, 0.25) is 5.88 Å². The topological polar surface area (TPSA) is 34.1 Å². The number of nitrogens with one attached hydrogen (secondary N) is 1. The Morgan fingerprint density at radius 2 is 2.00 bits per heavy atom. The van der Waals surface area contributed by atoms with Crippen LogP contribution in [0.5, 0.6) is 5.88 Å². The van der Waals surface area contributed by atoms with Crippen LogP contribution in [0, 0.1) is 5.41 Å². The Kier molecular flexibility index (Phi) is 4.13. The Bertz CT molecular complexity index is 430. The van der Waals surface area contributed by atoms with Crippen LogP contribution in [0.25, 0.3) is 0 Å². The van der Waals surface area contributed by atoms with Gasteiger partial charge in [-0.3, -0.25) is 0 Å². The van der Waals surface area contributed by atoms with Gasteiger partial charge in [-0.15, -0.1) is 0 Å². The van der Waals surface area contributed by atoms with E-state index in [4.69, 9.17) is 4.74 Å². The van der Waals surface area contributed by atoms with E-state index in [1.54, 1.807) is 6.20 Å². The summed E-state index contributed by atoms with van der Waals surface area (Å²) in [6.45, 7) is 2.67. The molecule has 3 nitrogen and oxygen atoms in total. The molecule has 0 aromatic carbocycles. The number of ether oxygens (including phenoxy) is 1. The van der Waals surface area contributed by atoms with Gasteiger partial charge in [0.25, 0.3) is 0 Å². The zero-order valence-corrected chi connectivity index (χ0v) is 12.5. The summed E-state index contributed by atoms with van der Waals surface area (Å²) in [5.41, 5.74) is 1.76. The summed E-state index contributed by atoms with van der Waals surface area (Å²) in [6.07, 6.45) is 13.0. The molecule has 2 aliphatic carbocycles. The molecule has 0 saturated heterocycles. The van der Waals surface area contributed by atoms with Crippen LogP contribution >= 0.6 is 0 Å². The molecule has 0 radical (unpaired) electrons. The van der Waals surface area contributed by atoms with E-state index in [0.29, 0.717) is 18.1 Å². The normalized spacial score (nSPS) is 22.1. The van der Waals surface area contributed by atoms with Crippen molar-refractivity contribution in [2.75, 3.05) is 11.9 Å². The number of pyridine rings is 1. The molecule has 0 bridgehead atoms. The highest BCUT2D eigenvalue weighted by molar-refractivity contribution is 5.52. The van der Waals surface area contributed by atoms with Crippen molar-refractivity contribution in [3.05, 3.63) is 18.3 Å². The van der Waals surface area contributed by atoms with E-state index < -0.39 is 0 Å². The Morgan fingerprint density at radius 3 is 2.70 bits per heavy atom. The predicted molar refractivity (Wildman–Crippen MR) is 82.2 cm³/mol. The van der Waals surface area contributed by atoms with Crippen LogP contribution in [0.4, 0.5) is 5.69 Å². The molecule has 1 heterocycles. The lowest BCUT2D eigenvalue weighted by atomic mass is 9.71. The molecule has 1 N–H and O–H groups in total. The van der Waals surface area contributed by atoms with Gasteiger partial charge in [0.15, 0.2) is 0 Å². The standard InChI is InChI=1S/C17H26N2O/c1-2-20-16-15(6-5-13-18-16)19-14-7-11-17(12-8-14)9-3-4-10-17/h5-6,13-14,19H,2-4,7-12H2,1H3. The second-order valence-corrected chi connectivity index (χ2v) is 6.41. The molecule has 0 amide bonds. The second kappa shape index (κ2) is 6.02. The first-order valence-corrected chi connectivity index (χ1v) is 8.16. The van der Waals surface area contributed by atoms with E-state index in [1.165, 1.54) is 51.4 Å². The summed E-state index contributed by atoms with van der Waals surface area (Å²) in [5, 5.41) is 3.65. The summed E-state index contributed by atoms with van der Waals surface area (Å²) < 4.78 is 5.60. The van der Waals surface area contributed by atoms with Gasteiger partial charge in [-0.05, 0) is 63.0 Å². The van der Waals surface area contributed by atoms with Crippen molar-refractivity contribution in [1.82, 2.24) is 4.98 Å². The van der Waals surface area contributed by atoms with Crippen molar-refractivity contribution >= 4 is 5.69 Å². The van der Waals surface area contributed by atoms with Crippen LogP contribution in [0.1, 0.15) is 58.3 Å². The molecule has 20 heavy (non-hydrogen) atoms. The lowest BCUT2D eigenvalue weighted by Gasteiger charge is -2.38. The van der Waals surface area contributed by atoms with Gasteiger partial charge < -0.3 is 10.1 Å². The molecule has 1 aromatic rings. The van der Waals surface area contributed by atoms with Gasteiger partial charge in [0, 0.05) is 12.2 Å². The second-order valence-electron chi connectivity index (χ2n) is 6.41. The maximum atomic E-state index is 5.60. The van der Waals surface area contributed by atoms with Crippen LogP contribution in [-0.4, -0.2) is 17.6 Å². The molecule has 3 heteroatoms. The summed E-state index contributed by atoms with van der Waals surface area (Å²) in [5.74, 6) is 0.746. The zero-order chi connectivity index (χ0) is 13.8. The Balaban J connectivity index is 1.59. The van der Waals surface area contributed by atoms with E-state index in [9.17, 15) is 0 Å². The minimum Gasteiger partial charge on any atom is -0.476 e. The zero-order valence-electron chi connectivity index (χ0n) is 12.5. The minimum atomic E-state index is 0.588. The molecular formula is C17H26N2O. The first kappa shape index (κ1) is 13.7. The van der Waals surface area contributed by atoms with Crippen molar-refractivity contribution in [3.63, 3.8) is 0 Å². The summed E-state index contributed by atoms with van der Waals surface area (Å²) >= 11 is 0. The highest BCUT2D eigenvalue weighted by Crippen LogP contribution is 2.49. The number of hydrogen-bond acceptors (Lipinski definition) is 3. The van der Waals surface area contributed by atoms with Gasteiger partial charge in [-0.25, -0.2) is 4.98 Å². The molecule has 3 rings (SSSR count). The number of hydrogen-bond donors (Lipinski definition) is 1. The summed E-state index contributed by atoms with van der Waals surface area (Å²) in [6, 6.07) is 4.65. The average Bonchev–Trinajstić information content (AvgIpc) is 2.92. The lowest BCUT2D eigenvalue weighted by molar-refractivity contribution is 0.188. The van der Waals surface area contributed by atoms with Crippen molar-refractivity contribution < 1.29 is 4.74 Å². The molecular weight excluding hydrogens is 248 g/mol. The van der Waals surface area contributed by atoms with Crippen molar-refractivity contribution in [2.45, 2.75) is 64.3 Å². The average molecular weight is 274 g/mol. The number of aromatic nitrogens is 1. The molecule has 2 saturated carbocycles. The fourth-order valence-electron chi connectivity index (χ4n) is 3.97. The van der Waals surface area contributed by atoms with Gasteiger partial charge in [0.05, 0.1) is 12.3 Å². The van der Waals surface area contributed by atoms with E-state index in [1.807, 2.05) is 13.0 Å². The first-order chi connectivity index (χ1) is 9.81. The first-order valence-electron chi connectivity index (χ1n) is 8.16. The highest BCUT2D eigenvalue weighted by atomic mass is 16.5. The third-order valence-corrected chi connectivity index (χ3v) is 5.12. The molecule has 1 spiro atoms. The van der Waals surface area contributed by atoms with Gasteiger partial charge >= 0.3 is 0 Å². The Labute approximate surface area is 122 Å². The Morgan fingerprint density at radius 1 is 1.25 bits per heavy atom. The molecule has 0 unspecified atom stereocenters. The SMILES string of the molecule is CCOc1ncccc1NC1CCC2(CCCC2)CC1. The van der Waals surface area contributed by atoms with Gasteiger partial charge in [-0.2, -0.15) is 0 Å². The van der Waals surface area contributed by atoms with E-state index >= 15 is 0 Å². The van der Waals surface area contributed by atoms with Crippen molar-refractivity contribution in [2.24, 2.45) is 5.41 Å². The van der Waals surface area contributed by atoms with Crippen LogP contribution in [0.15, 0.2) is 18.3 Å². The van der Waals surface area contributed by atoms with Crippen LogP contribution < -0.4 is 10.1 Å². The highest BCUT2D eigenvalue weighted by Gasteiger charge is 2.37. The van der Waals surface area contributed by atoms with Gasteiger partial charge in [0.1, 0.15) is 0 Å². The third-order valence-electron chi connectivity index (χ3n) is 5.12. The molecule has 0 aliphatic heterocycles. The maximum Gasteiger partial charge on any atom is 0.237 e. The van der Waals surface area contributed by atoms with E-state index in [0.717, 1.165) is 11.6 Å². The van der Waals surface area contributed by atoms with Crippen molar-refractivity contribution in [1.29, 1.82) is 0 Å².